The number of rotatable bonds is 6. The van der Waals surface area contributed by atoms with Gasteiger partial charge in [0.25, 0.3) is 5.91 Å². The monoisotopic (exact) mass is 351 g/mol. The summed E-state index contributed by atoms with van der Waals surface area (Å²) in [6.07, 6.45) is 1.49. The van der Waals surface area contributed by atoms with Crippen LogP contribution in [0.4, 0.5) is 21.5 Å². The Hall–Kier alpha value is -3.41. The van der Waals surface area contributed by atoms with Crippen LogP contribution in [-0.2, 0) is 0 Å². The van der Waals surface area contributed by atoms with Crippen molar-refractivity contribution in [1.82, 2.24) is 4.98 Å². The molecule has 0 spiro atoms. The van der Waals surface area contributed by atoms with Gasteiger partial charge in [0.2, 0.25) is 0 Å². The Morgan fingerprint density at radius 1 is 1.08 bits per heavy atom. The van der Waals surface area contributed by atoms with Crippen LogP contribution in [0, 0.1) is 5.82 Å². The predicted octanol–water partition coefficient (Wildman–Crippen LogP) is 4.62. The quantitative estimate of drug-likeness (QED) is 0.680. The number of carbonyl (C=O) groups excluding carboxylic acids is 1. The Bertz CT molecular complexity index is 915. The summed E-state index contributed by atoms with van der Waals surface area (Å²) in [5.41, 5.74) is 1.66. The zero-order valence-corrected chi connectivity index (χ0v) is 14.2. The summed E-state index contributed by atoms with van der Waals surface area (Å²) in [6.45, 7) is 2.37. The lowest BCUT2D eigenvalue weighted by Gasteiger charge is -2.12. The molecule has 0 fully saturated rings. The number of para-hydroxylation sites is 3. The highest BCUT2D eigenvalue weighted by Crippen LogP contribution is 2.25. The number of aromatic nitrogens is 1. The summed E-state index contributed by atoms with van der Waals surface area (Å²) in [7, 11) is 0. The first kappa shape index (κ1) is 17.4. The average molecular weight is 351 g/mol. The van der Waals surface area contributed by atoms with Gasteiger partial charge < -0.3 is 15.4 Å². The van der Waals surface area contributed by atoms with Gasteiger partial charge in [-0.05, 0) is 43.3 Å². The molecular formula is C20H18FN3O2. The number of hydrogen-bond acceptors (Lipinski definition) is 4. The Balaban J connectivity index is 1.78. The lowest BCUT2D eigenvalue weighted by Crippen LogP contribution is -2.14. The summed E-state index contributed by atoms with van der Waals surface area (Å²) in [6, 6.07) is 16.7. The van der Waals surface area contributed by atoms with Crippen molar-refractivity contribution in [1.29, 1.82) is 0 Å². The molecule has 0 saturated carbocycles. The normalized spacial score (nSPS) is 10.2. The van der Waals surface area contributed by atoms with Gasteiger partial charge in [0.15, 0.2) is 0 Å². The molecule has 0 unspecified atom stereocenters. The number of pyridine rings is 1. The fourth-order valence-corrected chi connectivity index (χ4v) is 2.39. The third-order valence-corrected chi connectivity index (χ3v) is 3.58. The Morgan fingerprint density at radius 2 is 1.81 bits per heavy atom. The minimum Gasteiger partial charge on any atom is -0.492 e. The summed E-state index contributed by atoms with van der Waals surface area (Å²) in [5.74, 6) is -0.167. The molecule has 6 heteroatoms. The molecule has 0 aliphatic heterocycles. The van der Waals surface area contributed by atoms with E-state index in [4.69, 9.17) is 4.74 Å². The first-order valence-electron chi connectivity index (χ1n) is 8.18. The van der Waals surface area contributed by atoms with Gasteiger partial charge in [0.05, 0.1) is 18.0 Å². The molecule has 26 heavy (non-hydrogen) atoms. The number of amides is 1. The lowest BCUT2D eigenvalue weighted by atomic mass is 10.2. The van der Waals surface area contributed by atoms with E-state index in [-0.39, 0.29) is 17.4 Å². The smallest absolute Gasteiger partial charge is 0.274 e. The molecule has 3 rings (SSSR count). The number of carbonyl (C=O) groups is 1. The van der Waals surface area contributed by atoms with Crippen LogP contribution in [0.15, 0.2) is 66.9 Å². The van der Waals surface area contributed by atoms with Gasteiger partial charge in [0, 0.05) is 11.9 Å². The van der Waals surface area contributed by atoms with Gasteiger partial charge in [-0.25, -0.2) is 4.39 Å². The molecule has 1 aromatic heterocycles. The Labute approximate surface area is 150 Å². The molecule has 1 heterocycles. The molecule has 3 aromatic rings. The number of ether oxygens (including phenoxy) is 1. The fourth-order valence-electron chi connectivity index (χ4n) is 2.39. The van der Waals surface area contributed by atoms with E-state index in [0.29, 0.717) is 29.4 Å². The molecule has 2 N–H and O–H groups in total. The van der Waals surface area contributed by atoms with Crippen molar-refractivity contribution < 1.29 is 13.9 Å². The number of anilines is 3. The molecule has 0 radical (unpaired) electrons. The van der Waals surface area contributed by atoms with Crippen LogP contribution in [-0.4, -0.2) is 17.5 Å². The van der Waals surface area contributed by atoms with E-state index >= 15 is 0 Å². The van der Waals surface area contributed by atoms with Crippen molar-refractivity contribution in [3.63, 3.8) is 0 Å². The second-order valence-corrected chi connectivity index (χ2v) is 5.42. The van der Waals surface area contributed by atoms with E-state index in [2.05, 4.69) is 15.6 Å². The zero-order valence-electron chi connectivity index (χ0n) is 14.2. The Morgan fingerprint density at radius 3 is 2.58 bits per heavy atom. The first-order chi connectivity index (χ1) is 12.7. The summed E-state index contributed by atoms with van der Waals surface area (Å²) in [5, 5.41) is 5.73. The molecule has 132 valence electrons. The highest BCUT2D eigenvalue weighted by Gasteiger charge is 2.12. The largest absolute Gasteiger partial charge is 0.492 e. The van der Waals surface area contributed by atoms with Gasteiger partial charge in [-0.15, -0.1) is 0 Å². The van der Waals surface area contributed by atoms with Crippen LogP contribution < -0.4 is 15.4 Å². The maximum absolute atomic E-state index is 13.8. The standard InChI is InChI=1S/C20H18FN3O2/c1-2-26-19-10-6-5-9-17(19)24-20(25)18-13-14(11-12-22-18)23-16-8-4-3-7-15(16)21/h3-13H,2H2,1H3,(H,22,23)(H,24,25). The molecule has 0 aliphatic rings. The SMILES string of the molecule is CCOc1ccccc1NC(=O)c1cc(Nc2ccccc2F)ccn1. The Kier molecular flexibility index (Phi) is 5.43. The van der Waals surface area contributed by atoms with Crippen LogP contribution in [0.25, 0.3) is 0 Å². The van der Waals surface area contributed by atoms with Gasteiger partial charge in [-0.1, -0.05) is 24.3 Å². The van der Waals surface area contributed by atoms with Crippen molar-refractivity contribution in [3.05, 3.63) is 78.4 Å². The van der Waals surface area contributed by atoms with Crippen LogP contribution in [0.3, 0.4) is 0 Å². The number of nitrogens with zero attached hydrogens (tertiary/aromatic N) is 1. The van der Waals surface area contributed by atoms with E-state index in [1.807, 2.05) is 19.1 Å². The van der Waals surface area contributed by atoms with Gasteiger partial charge in [-0.3, -0.25) is 9.78 Å². The first-order valence-corrected chi connectivity index (χ1v) is 8.18. The van der Waals surface area contributed by atoms with Gasteiger partial charge in [-0.2, -0.15) is 0 Å². The van der Waals surface area contributed by atoms with Gasteiger partial charge in [0.1, 0.15) is 17.3 Å². The molecule has 0 saturated heterocycles. The van der Waals surface area contributed by atoms with Crippen LogP contribution >= 0.6 is 0 Å². The fraction of sp³-hybridized carbons (Fsp3) is 0.100. The second-order valence-electron chi connectivity index (χ2n) is 5.42. The summed E-state index contributed by atoms with van der Waals surface area (Å²) in [4.78, 5) is 16.6. The zero-order chi connectivity index (χ0) is 18.4. The summed E-state index contributed by atoms with van der Waals surface area (Å²) >= 11 is 0. The van der Waals surface area contributed by atoms with Crippen molar-refractivity contribution in [2.24, 2.45) is 0 Å². The molecule has 1 amide bonds. The van der Waals surface area contributed by atoms with Gasteiger partial charge >= 0.3 is 0 Å². The second kappa shape index (κ2) is 8.11. The van der Waals surface area contributed by atoms with Crippen molar-refractivity contribution in [2.75, 3.05) is 17.2 Å². The molecule has 0 atom stereocenters. The molecule has 5 nitrogen and oxygen atoms in total. The highest BCUT2D eigenvalue weighted by molar-refractivity contribution is 6.04. The van der Waals surface area contributed by atoms with Crippen molar-refractivity contribution >= 4 is 23.0 Å². The van der Waals surface area contributed by atoms with E-state index < -0.39 is 0 Å². The maximum Gasteiger partial charge on any atom is 0.274 e. The topological polar surface area (TPSA) is 63.2 Å². The van der Waals surface area contributed by atoms with Crippen molar-refractivity contribution in [3.8, 4) is 5.75 Å². The van der Waals surface area contributed by atoms with E-state index in [9.17, 15) is 9.18 Å². The van der Waals surface area contributed by atoms with E-state index in [0.717, 1.165) is 0 Å². The molecule has 0 aliphatic carbocycles. The van der Waals surface area contributed by atoms with Crippen molar-refractivity contribution in [2.45, 2.75) is 6.92 Å². The average Bonchev–Trinajstić information content (AvgIpc) is 2.66. The number of halogens is 1. The third kappa shape index (κ3) is 4.16. The molecule has 0 bridgehead atoms. The third-order valence-electron chi connectivity index (χ3n) is 3.58. The maximum atomic E-state index is 13.8. The minimum absolute atomic E-state index is 0.206. The molecule has 2 aromatic carbocycles. The van der Waals surface area contributed by atoms with Crippen LogP contribution in [0.1, 0.15) is 17.4 Å². The van der Waals surface area contributed by atoms with E-state index in [1.165, 1.54) is 12.3 Å². The van der Waals surface area contributed by atoms with Crippen LogP contribution in [0.2, 0.25) is 0 Å². The van der Waals surface area contributed by atoms with Crippen LogP contribution in [0.5, 0.6) is 5.75 Å². The summed E-state index contributed by atoms with van der Waals surface area (Å²) < 4.78 is 19.3. The lowest BCUT2D eigenvalue weighted by molar-refractivity contribution is 0.102. The van der Waals surface area contributed by atoms with E-state index in [1.54, 1.807) is 42.5 Å². The number of hydrogen-bond donors (Lipinski definition) is 2. The highest BCUT2D eigenvalue weighted by atomic mass is 19.1. The molecular weight excluding hydrogens is 333 g/mol. The number of benzene rings is 2. The predicted molar refractivity (Wildman–Crippen MR) is 99.5 cm³/mol. The minimum atomic E-state index is -0.380. The number of nitrogens with one attached hydrogen (secondary N) is 2.